The van der Waals surface area contributed by atoms with Crippen molar-refractivity contribution < 1.29 is 23.0 Å². The number of aliphatic imine (C=N–C) groups is 1. The van der Waals surface area contributed by atoms with E-state index in [1.165, 1.54) is 12.3 Å². The number of aromatic nitrogens is 3. The summed E-state index contributed by atoms with van der Waals surface area (Å²) in [6.07, 6.45) is -2.45. The van der Waals surface area contributed by atoms with Crippen molar-refractivity contribution in [1.82, 2.24) is 19.9 Å². The standard InChI is InChI=1S/C15H16F3N5O2/c1-19-10(8-23(2)3)12-11-9(4-6-20-12)13(24)22-14(21-11)25-7-5-15(16,17)18/h4,6,8H,1,5,7H2,2-3H3,(H,21,22,24)/b10-8-. The molecule has 0 aromatic carbocycles. The zero-order chi connectivity index (χ0) is 18.6. The second kappa shape index (κ2) is 7.32. The number of ether oxygens (including phenoxy) is 1. The summed E-state index contributed by atoms with van der Waals surface area (Å²) >= 11 is 0. The van der Waals surface area contributed by atoms with Crippen molar-refractivity contribution in [2.24, 2.45) is 4.99 Å². The second-order valence-electron chi connectivity index (χ2n) is 5.24. The summed E-state index contributed by atoms with van der Waals surface area (Å²) in [5, 5.41) is 10.3. The summed E-state index contributed by atoms with van der Waals surface area (Å²) in [6, 6.07) is 1.10. The van der Waals surface area contributed by atoms with Crippen LogP contribution in [-0.4, -0.2) is 58.6 Å². The molecule has 10 heteroatoms. The van der Waals surface area contributed by atoms with Crippen LogP contribution in [0.1, 0.15) is 12.1 Å². The Morgan fingerprint density at radius 3 is 2.72 bits per heavy atom. The van der Waals surface area contributed by atoms with E-state index < -0.39 is 25.1 Å². The number of aromatic hydroxyl groups is 1. The molecule has 2 heterocycles. The largest absolute Gasteiger partial charge is 0.493 e. The van der Waals surface area contributed by atoms with Gasteiger partial charge in [0, 0.05) is 26.5 Å². The van der Waals surface area contributed by atoms with Crippen LogP contribution in [0.25, 0.3) is 16.6 Å². The first-order valence-corrected chi connectivity index (χ1v) is 7.12. The van der Waals surface area contributed by atoms with Crippen LogP contribution in [-0.2, 0) is 0 Å². The van der Waals surface area contributed by atoms with Gasteiger partial charge in [-0.3, -0.25) is 9.98 Å². The quantitative estimate of drug-likeness (QED) is 0.802. The highest BCUT2D eigenvalue weighted by atomic mass is 19.4. The summed E-state index contributed by atoms with van der Waals surface area (Å²) in [5.41, 5.74) is 0.854. The molecular weight excluding hydrogens is 339 g/mol. The normalized spacial score (nSPS) is 12.3. The molecule has 1 N–H and O–H groups in total. The Kier molecular flexibility index (Phi) is 5.40. The Balaban J connectivity index is 2.46. The van der Waals surface area contributed by atoms with Gasteiger partial charge in [-0.05, 0) is 12.8 Å². The van der Waals surface area contributed by atoms with E-state index in [0.717, 1.165) is 0 Å². The molecule has 0 aliphatic heterocycles. The van der Waals surface area contributed by atoms with Gasteiger partial charge in [0.05, 0.1) is 11.8 Å². The summed E-state index contributed by atoms with van der Waals surface area (Å²) < 4.78 is 41.6. The fraction of sp³-hybridized carbons (Fsp3) is 0.333. The predicted molar refractivity (Wildman–Crippen MR) is 86.4 cm³/mol. The van der Waals surface area contributed by atoms with Crippen LogP contribution >= 0.6 is 0 Å². The van der Waals surface area contributed by atoms with Gasteiger partial charge in [-0.25, -0.2) is 0 Å². The minimum atomic E-state index is -4.36. The van der Waals surface area contributed by atoms with E-state index in [-0.39, 0.29) is 16.9 Å². The molecule has 0 atom stereocenters. The molecule has 0 unspecified atom stereocenters. The number of rotatable bonds is 6. The summed E-state index contributed by atoms with van der Waals surface area (Å²) in [6.45, 7) is 2.81. The Morgan fingerprint density at radius 1 is 1.40 bits per heavy atom. The Hall–Kier alpha value is -2.91. The van der Waals surface area contributed by atoms with E-state index in [0.29, 0.717) is 11.4 Å². The monoisotopic (exact) mass is 355 g/mol. The molecule has 0 saturated carbocycles. The van der Waals surface area contributed by atoms with Gasteiger partial charge in [0.15, 0.2) is 0 Å². The van der Waals surface area contributed by atoms with Gasteiger partial charge in [0.2, 0.25) is 5.88 Å². The molecule has 0 fully saturated rings. The number of halogens is 3. The molecule has 0 aliphatic rings. The zero-order valence-corrected chi connectivity index (χ0v) is 13.6. The fourth-order valence-electron chi connectivity index (χ4n) is 1.95. The molecule has 2 rings (SSSR count). The van der Waals surface area contributed by atoms with Crippen molar-refractivity contribution in [1.29, 1.82) is 0 Å². The molecule has 2 aromatic rings. The van der Waals surface area contributed by atoms with Crippen LogP contribution in [0.3, 0.4) is 0 Å². The first-order valence-electron chi connectivity index (χ1n) is 7.12. The lowest BCUT2D eigenvalue weighted by Gasteiger charge is -2.11. The van der Waals surface area contributed by atoms with Crippen molar-refractivity contribution in [3.8, 4) is 11.9 Å². The summed E-state index contributed by atoms with van der Waals surface area (Å²) in [7, 11) is 3.54. The van der Waals surface area contributed by atoms with Gasteiger partial charge in [-0.15, -0.1) is 0 Å². The van der Waals surface area contributed by atoms with E-state index in [1.807, 2.05) is 0 Å². The predicted octanol–water partition coefficient (Wildman–Crippen LogP) is 2.62. The molecule has 0 spiro atoms. The van der Waals surface area contributed by atoms with E-state index in [4.69, 9.17) is 4.74 Å². The van der Waals surface area contributed by atoms with Crippen LogP contribution < -0.4 is 4.74 Å². The minimum absolute atomic E-state index is 0.192. The van der Waals surface area contributed by atoms with Gasteiger partial charge in [-0.1, -0.05) is 0 Å². The molecule has 2 aromatic heterocycles. The third-order valence-corrected chi connectivity index (χ3v) is 2.98. The molecule has 0 aliphatic carbocycles. The molecule has 0 radical (unpaired) electrons. The van der Waals surface area contributed by atoms with Crippen molar-refractivity contribution in [2.45, 2.75) is 12.6 Å². The Bertz CT molecular complexity index is 806. The minimum Gasteiger partial charge on any atom is -0.493 e. The third-order valence-electron chi connectivity index (χ3n) is 2.98. The highest BCUT2D eigenvalue weighted by molar-refractivity contribution is 5.92. The van der Waals surface area contributed by atoms with Gasteiger partial charge < -0.3 is 14.7 Å². The Labute approximate surface area is 141 Å². The molecular formula is C15H16F3N5O2. The third kappa shape index (κ3) is 4.78. The van der Waals surface area contributed by atoms with Gasteiger partial charge in [0.1, 0.15) is 23.5 Å². The van der Waals surface area contributed by atoms with Crippen LogP contribution in [0.2, 0.25) is 0 Å². The lowest BCUT2D eigenvalue weighted by Crippen LogP contribution is -2.14. The number of fused-ring (bicyclic) bond motifs is 1. The van der Waals surface area contributed by atoms with E-state index in [1.54, 1.807) is 25.2 Å². The van der Waals surface area contributed by atoms with Crippen molar-refractivity contribution in [3.63, 3.8) is 0 Å². The van der Waals surface area contributed by atoms with E-state index in [2.05, 4.69) is 26.7 Å². The van der Waals surface area contributed by atoms with Crippen LogP contribution in [0.4, 0.5) is 13.2 Å². The fourth-order valence-corrected chi connectivity index (χ4v) is 1.95. The maximum Gasteiger partial charge on any atom is 0.392 e. The average molecular weight is 355 g/mol. The second-order valence-corrected chi connectivity index (χ2v) is 5.24. The zero-order valence-electron chi connectivity index (χ0n) is 13.6. The maximum atomic E-state index is 12.2. The van der Waals surface area contributed by atoms with Gasteiger partial charge in [-0.2, -0.15) is 23.1 Å². The first-order chi connectivity index (χ1) is 11.7. The van der Waals surface area contributed by atoms with Crippen LogP contribution in [0, 0.1) is 0 Å². The molecule has 0 amide bonds. The van der Waals surface area contributed by atoms with Crippen LogP contribution in [0.15, 0.2) is 23.5 Å². The SMILES string of the molecule is C=N/C(=C\N(C)C)c1nccc2c(O)nc(OCCC(F)(F)F)nc12. The molecule has 25 heavy (non-hydrogen) atoms. The summed E-state index contributed by atoms with van der Waals surface area (Å²) in [4.78, 5) is 17.5. The van der Waals surface area contributed by atoms with E-state index >= 15 is 0 Å². The van der Waals surface area contributed by atoms with Crippen molar-refractivity contribution in [3.05, 3.63) is 24.2 Å². The molecule has 0 saturated heterocycles. The number of hydrogen-bond donors (Lipinski definition) is 1. The Morgan fingerprint density at radius 2 is 2.12 bits per heavy atom. The lowest BCUT2D eigenvalue weighted by molar-refractivity contribution is -0.139. The highest BCUT2D eigenvalue weighted by Gasteiger charge is 2.27. The number of alkyl halides is 3. The highest BCUT2D eigenvalue weighted by Crippen LogP contribution is 2.29. The summed E-state index contributed by atoms with van der Waals surface area (Å²) in [5.74, 6) is -0.427. The smallest absolute Gasteiger partial charge is 0.392 e. The molecule has 0 bridgehead atoms. The topological polar surface area (TPSA) is 83.7 Å². The number of hydrogen-bond acceptors (Lipinski definition) is 7. The average Bonchev–Trinajstić information content (AvgIpc) is 2.51. The first kappa shape index (κ1) is 18.4. The van der Waals surface area contributed by atoms with Crippen LogP contribution in [0.5, 0.6) is 11.9 Å². The maximum absolute atomic E-state index is 12.2. The lowest BCUT2D eigenvalue weighted by atomic mass is 10.2. The molecule has 134 valence electrons. The van der Waals surface area contributed by atoms with Crippen molar-refractivity contribution in [2.75, 3.05) is 20.7 Å². The van der Waals surface area contributed by atoms with Gasteiger partial charge >= 0.3 is 12.2 Å². The van der Waals surface area contributed by atoms with E-state index in [9.17, 15) is 18.3 Å². The number of nitrogens with zero attached hydrogens (tertiary/aromatic N) is 5. The molecule has 7 nitrogen and oxygen atoms in total. The van der Waals surface area contributed by atoms with Crippen molar-refractivity contribution >= 4 is 23.3 Å². The van der Waals surface area contributed by atoms with Gasteiger partial charge in [0.25, 0.3) is 0 Å². The number of pyridine rings is 1.